The molecule has 152 valence electrons. The number of benzene rings is 1. The van der Waals surface area contributed by atoms with Gasteiger partial charge in [-0.2, -0.15) is 0 Å². The summed E-state index contributed by atoms with van der Waals surface area (Å²) in [7, 11) is 0. The second-order valence-electron chi connectivity index (χ2n) is 8.65. The average Bonchev–Trinajstić information content (AvgIpc) is 2.86. The maximum absolute atomic E-state index is 12.6. The Hall–Kier alpha value is -1.46. The molecule has 0 radical (unpaired) electrons. The standard InChI is InChI=1S/C22H29ClN2O2S/c1-7-8-24-18-11-17(23)15(9-16(18)14(4)12-22(24,5)6)10-19-20(26)25(13(2)3)21(27)28-19/h9-11,13-14H,7-8,12H2,1-6H3/b19-10+. The van der Waals surface area contributed by atoms with E-state index in [1.165, 1.54) is 16.2 Å². The molecule has 0 aromatic heterocycles. The predicted octanol–water partition coefficient (Wildman–Crippen LogP) is 6.29. The number of hydrogen-bond donors (Lipinski definition) is 0. The Balaban J connectivity index is 2.04. The molecule has 6 heteroatoms. The zero-order valence-corrected chi connectivity index (χ0v) is 19.1. The molecule has 1 aromatic rings. The second kappa shape index (κ2) is 7.75. The molecule has 1 unspecified atom stereocenters. The normalized spacial score (nSPS) is 23.1. The molecule has 4 nitrogen and oxygen atoms in total. The molecule has 0 N–H and O–H groups in total. The van der Waals surface area contributed by atoms with Crippen molar-refractivity contribution in [1.29, 1.82) is 0 Å². The van der Waals surface area contributed by atoms with Crippen LogP contribution in [0, 0.1) is 0 Å². The molecule has 0 spiro atoms. The highest BCUT2D eigenvalue weighted by Crippen LogP contribution is 2.46. The van der Waals surface area contributed by atoms with Crippen molar-refractivity contribution in [3.63, 3.8) is 0 Å². The van der Waals surface area contributed by atoms with Crippen molar-refractivity contribution >= 4 is 46.3 Å². The topological polar surface area (TPSA) is 40.6 Å². The summed E-state index contributed by atoms with van der Waals surface area (Å²) in [5.74, 6) is 0.161. The smallest absolute Gasteiger partial charge is 0.293 e. The van der Waals surface area contributed by atoms with Gasteiger partial charge in [-0.25, -0.2) is 0 Å². The molecule has 2 aliphatic rings. The van der Waals surface area contributed by atoms with Crippen molar-refractivity contribution < 1.29 is 9.59 Å². The summed E-state index contributed by atoms with van der Waals surface area (Å²) in [5, 5.41) is 0.394. The summed E-state index contributed by atoms with van der Waals surface area (Å²) in [6.07, 6.45) is 3.90. The van der Waals surface area contributed by atoms with E-state index in [1.54, 1.807) is 6.08 Å². The summed E-state index contributed by atoms with van der Waals surface area (Å²) in [4.78, 5) is 29.0. The number of hydrogen-bond acceptors (Lipinski definition) is 4. The summed E-state index contributed by atoms with van der Waals surface area (Å²) >= 11 is 7.63. The van der Waals surface area contributed by atoms with Gasteiger partial charge in [0.1, 0.15) is 0 Å². The highest BCUT2D eigenvalue weighted by Gasteiger charge is 2.38. The first kappa shape index (κ1) is 21.3. The summed E-state index contributed by atoms with van der Waals surface area (Å²) in [5.41, 5.74) is 3.32. The number of halogens is 1. The van der Waals surface area contributed by atoms with Gasteiger partial charge < -0.3 is 4.90 Å². The minimum absolute atomic E-state index is 0.0766. The minimum atomic E-state index is -0.236. The molecule has 1 fully saturated rings. The maximum atomic E-state index is 12.6. The van der Waals surface area contributed by atoms with Crippen molar-refractivity contribution in [2.24, 2.45) is 0 Å². The molecule has 1 saturated heterocycles. The predicted molar refractivity (Wildman–Crippen MR) is 119 cm³/mol. The van der Waals surface area contributed by atoms with Crippen LogP contribution in [0.4, 0.5) is 10.5 Å². The van der Waals surface area contributed by atoms with Crippen LogP contribution >= 0.6 is 23.4 Å². The Morgan fingerprint density at radius 2 is 2.00 bits per heavy atom. The number of carbonyl (C=O) groups excluding carboxylic acids is 2. The number of fused-ring (bicyclic) bond motifs is 1. The van der Waals surface area contributed by atoms with Gasteiger partial charge in [0.25, 0.3) is 11.1 Å². The SMILES string of the molecule is CCCN1c2cc(Cl)c(/C=C3/SC(=O)N(C(C)C)C3=O)cc2C(C)CC1(C)C. The Bertz CT molecular complexity index is 847. The van der Waals surface area contributed by atoms with Gasteiger partial charge in [0.2, 0.25) is 0 Å². The minimum Gasteiger partial charge on any atom is -0.366 e. The van der Waals surface area contributed by atoms with Gasteiger partial charge in [0, 0.05) is 28.8 Å². The summed E-state index contributed by atoms with van der Waals surface area (Å²) in [6, 6.07) is 3.98. The van der Waals surface area contributed by atoms with Gasteiger partial charge in [-0.1, -0.05) is 25.4 Å². The molecule has 3 rings (SSSR count). The summed E-state index contributed by atoms with van der Waals surface area (Å²) < 4.78 is 0. The molecular weight excluding hydrogens is 392 g/mol. The van der Waals surface area contributed by atoms with E-state index in [4.69, 9.17) is 11.6 Å². The van der Waals surface area contributed by atoms with Crippen LogP contribution in [0.1, 0.15) is 71.4 Å². The molecule has 0 saturated carbocycles. The number of rotatable bonds is 4. The fourth-order valence-corrected chi connectivity index (χ4v) is 5.51. The first-order valence-electron chi connectivity index (χ1n) is 9.95. The van der Waals surface area contributed by atoms with Gasteiger partial charge in [0.15, 0.2) is 0 Å². The number of imide groups is 1. The first-order chi connectivity index (χ1) is 13.1. The lowest BCUT2D eigenvalue weighted by Crippen LogP contribution is -2.48. The second-order valence-corrected chi connectivity index (χ2v) is 10.0. The zero-order chi connectivity index (χ0) is 20.8. The number of thioether (sulfide) groups is 1. The van der Waals surface area contributed by atoms with Crippen LogP contribution in [0.2, 0.25) is 5.02 Å². The molecule has 0 bridgehead atoms. The molecule has 1 aromatic carbocycles. The van der Waals surface area contributed by atoms with E-state index < -0.39 is 0 Å². The monoisotopic (exact) mass is 420 g/mol. The van der Waals surface area contributed by atoms with E-state index in [2.05, 4.69) is 38.7 Å². The number of amides is 2. The van der Waals surface area contributed by atoms with E-state index in [0.717, 1.165) is 36.7 Å². The van der Waals surface area contributed by atoms with Crippen molar-refractivity contribution in [1.82, 2.24) is 4.90 Å². The van der Waals surface area contributed by atoms with Crippen LogP contribution in [-0.4, -0.2) is 34.2 Å². The molecule has 28 heavy (non-hydrogen) atoms. The fraction of sp³-hybridized carbons (Fsp3) is 0.545. The molecule has 2 heterocycles. The van der Waals surface area contributed by atoms with E-state index in [-0.39, 0.29) is 22.7 Å². The largest absolute Gasteiger partial charge is 0.366 e. The van der Waals surface area contributed by atoms with Gasteiger partial charge in [-0.05, 0) is 87.6 Å². The highest BCUT2D eigenvalue weighted by atomic mass is 35.5. The molecular formula is C22H29ClN2O2S. The van der Waals surface area contributed by atoms with Crippen molar-refractivity contribution in [2.45, 2.75) is 71.9 Å². The van der Waals surface area contributed by atoms with Crippen molar-refractivity contribution in [3.05, 3.63) is 33.2 Å². The van der Waals surface area contributed by atoms with E-state index in [1.807, 2.05) is 19.9 Å². The van der Waals surface area contributed by atoms with Crippen LogP contribution in [0.25, 0.3) is 6.08 Å². The molecule has 0 aliphatic carbocycles. The Labute approximate surface area is 177 Å². The van der Waals surface area contributed by atoms with Gasteiger partial charge in [0.05, 0.1) is 4.91 Å². The van der Waals surface area contributed by atoms with Crippen LogP contribution in [0.15, 0.2) is 17.0 Å². The van der Waals surface area contributed by atoms with E-state index in [0.29, 0.717) is 15.8 Å². The number of nitrogens with zero attached hydrogens (tertiary/aromatic N) is 2. The Morgan fingerprint density at radius 1 is 1.32 bits per heavy atom. The first-order valence-corrected chi connectivity index (χ1v) is 11.1. The lowest BCUT2D eigenvalue weighted by atomic mass is 9.79. The highest BCUT2D eigenvalue weighted by molar-refractivity contribution is 8.18. The Morgan fingerprint density at radius 3 is 2.57 bits per heavy atom. The molecule has 2 aliphatic heterocycles. The lowest BCUT2D eigenvalue weighted by molar-refractivity contribution is -0.123. The van der Waals surface area contributed by atoms with Crippen LogP contribution in [0.5, 0.6) is 0 Å². The van der Waals surface area contributed by atoms with Gasteiger partial charge >= 0.3 is 0 Å². The Kier molecular flexibility index (Phi) is 5.88. The van der Waals surface area contributed by atoms with Crippen molar-refractivity contribution in [3.8, 4) is 0 Å². The average molecular weight is 421 g/mol. The fourth-order valence-electron chi connectivity index (χ4n) is 4.34. The van der Waals surface area contributed by atoms with Crippen LogP contribution in [0.3, 0.4) is 0 Å². The maximum Gasteiger partial charge on any atom is 0.293 e. The third kappa shape index (κ3) is 3.71. The lowest BCUT2D eigenvalue weighted by Gasteiger charge is -2.47. The molecule has 1 atom stereocenters. The van der Waals surface area contributed by atoms with Crippen LogP contribution in [-0.2, 0) is 4.79 Å². The quantitative estimate of drug-likeness (QED) is 0.537. The number of anilines is 1. The van der Waals surface area contributed by atoms with Gasteiger partial charge in [-0.15, -0.1) is 0 Å². The molecule has 2 amide bonds. The third-order valence-electron chi connectivity index (χ3n) is 5.58. The summed E-state index contributed by atoms with van der Waals surface area (Å²) in [6.45, 7) is 13.7. The zero-order valence-electron chi connectivity index (χ0n) is 17.5. The van der Waals surface area contributed by atoms with Gasteiger partial charge in [-0.3, -0.25) is 14.5 Å². The number of carbonyl (C=O) groups is 2. The van der Waals surface area contributed by atoms with E-state index >= 15 is 0 Å². The van der Waals surface area contributed by atoms with Crippen molar-refractivity contribution in [2.75, 3.05) is 11.4 Å². The third-order valence-corrected chi connectivity index (χ3v) is 6.79. The van der Waals surface area contributed by atoms with Crippen LogP contribution < -0.4 is 4.90 Å². The van der Waals surface area contributed by atoms with E-state index in [9.17, 15) is 9.59 Å².